The summed E-state index contributed by atoms with van der Waals surface area (Å²) in [6, 6.07) is 12.3. The van der Waals surface area contributed by atoms with E-state index in [1.54, 1.807) is 17.0 Å². The summed E-state index contributed by atoms with van der Waals surface area (Å²) in [7, 11) is 0. The first-order valence-electron chi connectivity index (χ1n) is 10.5. The van der Waals surface area contributed by atoms with Crippen LogP contribution in [0.15, 0.2) is 53.1 Å². The molecule has 1 aromatic carbocycles. The number of amides is 2. The van der Waals surface area contributed by atoms with Crippen molar-refractivity contribution in [3.8, 4) is 0 Å². The van der Waals surface area contributed by atoms with Gasteiger partial charge in [0.25, 0.3) is 11.8 Å². The van der Waals surface area contributed by atoms with Gasteiger partial charge >= 0.3 is 5.97 Å². The lowest BCUT2D eigenvalue weighted by Gasteiger charge is -2.26. The van der Waals surface area contributed by atoms with Crippen molar-refractivity contribution in [1.29, 1.82) is 0 Å². The largest absolute Gasteiger partial charge is 0.459 e. The van der Waals surface area contributed by atoms with Crippen LogP contribution in [0.3, 0.4) is 0 Å². The molecular weight excluding hydrogens is 428 g/mol. The van der Waals surface area contributed by atoms with Crippen LogP contribution >= 0.6 is 11.3 Å². The van der Waals surface area contributed by atoms with E-state index in [0.717, 1.165) is 35.4 Å². The van der Waals surface area contributed by atoms with Crippen molar-refractivity contribution >= 4 is 39.8 Å². The number of ether oxygens (including phenoxy) is 1. The molecular formula is C24H24N2O5S. The molecule has 8 heteroatoms. The molecule has 1 aliphatic carbocycles. The van der Waals surface area contributed by atoms with Gasteiger partial charge in [0, 0.05) is 16.6 Å². The van der Waals surface area contributed by atoms with Gasteiger partial charge in [0.2, 0.25) is 0 Å². The molecule has 0 unspecified atom stereocenters. The molecule has 1 aliphatic rings. The topological polar surface area (TPSA) is 88.9 Å². The number of fused-ring (bicyclic) bond motifs is 1. The summed E-state index contributed by atoms with van der Waals surface area (Å²) in [5.41, 5.74) is 1.98. The smallest absolute Gasteiger partial charge is 0.341 e. The van der Waals surface area contributed by atoms with Crippen LogP contribution in [-0.4, -0.2) is 30.4 Å². The summed E-state index contributed by atoms with van der Waals surface area (Å²) in [6.07, 6.45) is 3.95. The molecule has 2 aromatic heterocycles. The van der Waals surface area contributed by atoms with Crippen LogP contribution in [0.25, 0.3) is 0 Å². The molecule has 0 saturated carbocycles. The Morgan fingerprint density at radius 3 is 2.59 bits per heavy atom. The average molecular weight is 453 g/mol. The molecule has 2 amide bonds. The Morgan fingerprint density at radius 1 is 1.12 bits per heavy atom. The number of hydrogen-bond donors (Lipinski definition) is 1. The molecule has 0 aliphatic heterocycles. The van der Waals surface area contributed by atoms with Crippen LogP contribution < -0.4 is 10.2 Å². The molecule has 3 aromatic rings. The fraction of sp³-hybridized carbons (Fsp3) is 0.292. The molecule has 166 valence electrons. The highest BCUT2D eigenvalue weighted by molar-refractivity contribution is 7.17. The Bertz CT molecular complexity index is 1120. The van der Waals surface area contributed by atoms with Crippen molar-refractivity contribution in [2.45, 2.75) is 39.2 Å². The summed E-state index contributed by atoms with van der Waals surface area (Å²) in [6.45, 7) is 3.42. The number of nitrogens with zero attached hydrogens (tertiary/aromatic N) is 1. The average Bonchev–Trinajstić information content (AvgIpc) is 3.50. The van der Waals surface area contributed by atoms with Gasteiger partial charge in [-0.2, -0.15) is 0 Å². The Balaban J connectivity index is 1.50. The normalized spacial score (nSPS) is 12.5. The zero-order valence-corrected chi connectivity index (χ0v) is 18.7. The number of aryl methyl sites for hydroxylation is 1. The van der Waals surface area contributed by atoms with Crippen molar-refractivity contribution in [3.05, 3.63) is 70.5 Å². The van der Waals surface area contributed by atoms with Crippen molar-refractivity contribution in [2.75, 3.05) is 16.8 Å². The number of rotatable bonds is 7. The summed E-state index contributed by atoms with van der Waals surface area (Å²) in [5.74, 6) is -1.20. The van der Waals surface area contributed by atoms with Gasteiger partial charge in [-0.3, -0.25) is 9.59 Å². The fourth-order valence-corrected chi connectivity index (χ4v) is 5.14. The minimum Gasteiger partial charge on any atom is -0.459 e. The molecule has 7 nitrogen and oxygen atoms in total. The summed E-state index contributed by atoms with van der Waals surface area (Å²) in [4.78, 5) is 41.0. The summed E-state index contributed by atoms with van der Waals surface area (Å²) in [5, 5.41) is 3.20. The number of carbonyl (C=O) groups is 3. The van der Waals surface area contributed by atoms with E-state index in [-0.39, 0.29) is 24.3 Å². The van der Waals surface area contributed by atoms with E-state index in [2.05, 4.69) is 5.32 Å². The van der Waals surface area contributed by atoms with Gasteiger partial charge < -0.3 is 19.4 Å². The van der Waals surface area contributed by atoms with Crippen molar-refractivity contribution in [1.82, 2.24) is 0 Å². The zero-order valence-electron chi connectivity index (χ0n) is 17.9. The highest BCUT2D eigenvalue weighted by atomic mass is 32.1. The molecule has 0 bridgehead atoms. The number of para-hydroxylation sites is 1. The van der Waals surface area contributed by atoms with Gasteiger partial charge in [-0.15, -0.1) is 11.3 Å². The maximum atomic E-state index is 13.0. The second-order valence-electron chi connectivity index (χ2n) is 7.76. The van der Waals surface area contributed by atoms with Crippen LogP contribution in [0, 0.1) is 0 Å². The van der Waals surface area contributed by atoms with E-state index < -0.39 is 11.9 Å². The minimum atomic E-state index is -0.607. The number of benzene rings is 1. The first-order chi connectivity index (χ1) is 15.5. The van der Waals surface area contributed by atoms with Crippen LogP contribution in [0.4, 0.5) is 10.7 Å². The Labute approximate surface area is 190 Å². The standard InChI is InChI=1S/C24H24N2O5S/c1-15(2)26(16-8-4-3-5-9-16)20(27)14-31-24(29)21-17-10-6-12-19(17)32-23(21)25-22(28)18-11-7-13-30-18/h3-5,7-9,11,13,15H,6,10,12,14H2,1-2H3,(H,25,28). The maximum Gasteiger partial charge on any atom is 0.341 e. The molecule has 0 fully saturated rings. The summed E-state index contributed by atoms with van der Waals surface area (Å²) >= 11 is 1.38. The number of nitrogens with one attached hydrogen (secondary N) is 1. The van der Waals surface area contributed by atoms with E-state index >= 15 is 0 Å². The van der Waals surface area contributed by atoms with Crippen LogP contribution in [0.2, 0.25) is 0 Å². The fourth-order valence-electron chi connectivity index (χ4n) is 3.87. The van der Waals surface area contributed by atoms with E-state index in [9.17, 15) is 14.4 Å². The molecule has 0 radical (unpaired) electrons. The third-order valence-electron chi connectivity index (χ3n) is 5.24. The SMILES string of the molecule is CC(C)N(C(=O)COC(=O)c1c(NC(=O)c2ccco2)sc2c1CCC2)c1ccccc1. The van der Waals surface area contributed by atoms with E-state index in [1.807, 2.05) is 44.2 Å². The Hall–Kier alpha value is -3.39. The molecule has 32 heavy (non-hydrogen) atoms. The number of esters is 1. The number of carbonyl (C=O) groups excluding carboxylic acids is 3. The molecule has 4 rings (SSSR count). The number of thiophene rings is 1. The van der Waals surface area contributed by atoms with Crippen LogP contribution in [0.1, 0.15) is 51.6 Å². The maximum absolute atomic E-state index is 13.0. The number of anilines is 2. The van der Waals surface area contributed by atoms with Gasteiger partial charge in [0.15, 0.2) is 12.4 Å². The lowest BCUT2D eigenvalue weighted by molar-refractivity contribution is -0.122. The highest BCUT2D eigenvalue weighted by Crippen LogP contribution is 2.39. The van der Waals surface area contributed by atoms with Gasteiger partial charge in [-0.25, -0.2) is 4.79 Å². The van der Waals surface area contributed by atoms with E-state index in [1.165, 1.54) is 17.6 Å². The predicted molar refractivity (Wildman–Crippen MR) is 122 cm³/mol. The Kier molecular flexibility index (Phi) is 6.41. The first kappa shape index (κ1) is 21.8. The first-order valence-corrected chi connectivity index (χ1v) is 11.3. The van der Waals surface area contributed by atoms with E-state index in [4.69, 9.17) is 9.15 Å². The van der Waals surface area contributed by atoms with Crippen LogP contribution in [-0.2, 0) is 22.4 Å². The van der Waals surface area contributed by atoms with E-state index in [0.29, 0.717) is 10.6 Å². The van der Waals surface area contributed by atoms with Crippen molar-refractivity contribution in [3.63, 3.8) is 0 Å². The molecule has 0 saturated heterocycles. The minimum absolute atomic E-state index is 0.0999. The monoisotopic (exact) mass is 452 g/mol. The predicted octanol–water partition coefficient (Wildman–Crippen LogP) is 4.68. The zero-order chi connectivity index (χ0) is 22.7. The van der Waals surface area contributed by atoms with Gasteiger partial charge in [0.1, 0.15) is 5.00 Å². The summed E-state index contributed by atoms with van der Waals surface area (Å²) < 4.78 is 10.6. The van der Waals surface area contributed by atoms with Gasteiger partial charge in [-0.1, -0.05) is 18.2 Å². The van der Waals surface area contributed by atoms with Gasteiger partial charge in [-0.05, 0) is 62.9 Å². The Morgan fingerprint density at radius 2 is 1.91 bits per heavy atom. The lowest BCUT2D eigenvalue weighted by Crippen LogP contribution is -2.40. The quantitative estimate of drug-likeness (QED) is 0.526. The molecule has 0 atom stereocenters. The van der Waals surface area contributed by atoms with Crippen LogP contribution in [0.5, 0.6) is 0 Å². The second-order valence-corrected chi connectivity index (χ2v) is 8.87. The third-order valence-corrected chi connectivity index (χ3v) is 6.45. The number of furan rings is 1. The van der Waals surface area contributed by atoms with Crippen molar-refractivity contribution in [2.24, 2.45) is 0 Å². The lowest BCUT2D eigenvalue weighted by atomic mass is 10.1. The third kappa shape index (κ3) is 4.45. The van der Waals surface area contributed by atoms with Gasteiger partial charge in [0.05, 0.1) is 11.8 Å². The second kappa shape index (κ2) is 9.40. The van der Waals surface area contributed by atoms with Crippen molar-refractivity contribution < 1.29 is 23.5 Å². The highest BCUT2D eigenvalue weighted by Gasteiger charge is 2.30. The number of hydrogen-bond acceptors (Lipinski definition) is 6. The molecule has 0 spiro atoms. The molecule has 1 N–H and O–H groups in total. The molecule has 2 heterocycles.